The molecule has 1 aromatic heterocycles. The van der Waals surface area contributed by atoms with E-state index in [4.69, 9.17) is 10.5 Å². The van der Waals surface area contributed by atoms with Gasteiger partial charge in [0.2, 0.25) is 0 Å². The maximum absolute atomic E-state index is 12.1. The lowest BCUT2D eigenvalue weighted by Crippen LogP contribution is -2.37. The summed E-state index contributed by atoms with van der Waals surface area (Å²) in [5.74, 6) is -0.0850. The van der Waals surface area contributed by atoms with E-state index < -0.39 is 6.04 Å². The fourth-order valence-electron chi connectivity index (χ4n) is 1.68. The zero-order valence-electron chi connectivity index (χ0n) is 10.0. The number of nitrogens with zero attached hydrogens (tertiary/aromatic N) is 3. The number of rotatable bonds is 3. The fourth-order valence-corrected chi connectivity index (χ4v) is 1.68. The van der Waals surface area contributed by atoms with Gasteiger partial charge in [0, 0.05) is 23.3 Å². The molecule has 0 aliphatic carbocycles. The van der Waals surface area contributed by atoms with Gasteiger partial charge in [0.25, 0.3) is 0 Å². The van der Waals surface area contributed by atoms with Gasteiger partial charge in [0.05, 0.1) is 0 Å². The van der Waals surface area contributed by atoms with Crippen LogP contribution in [0.3, 0.4) is 0 Å². The van der Waals surface area contributed by atoms with Crippen molar-refractivity contribution >= 4 is 5.78 Å². The number of hydrogen-bond donors (Lipinski definition) is 0. The van der Waals surface area contributed by atoms with E-state index in [9.17, 15) is 4.79 Å². The molecule has 19 heavy (non-hydrogen) atoms. The van der Waals surface area contributed by atoms with Crippen LogP contribution in [0.1, 0.15) is 22.0 Å². The second-order valence-electron chi connectivity index (χ2n) is 3.89. The molecule has 1 aromatic carbocycles. The second-order valence-corrected chi connectivity index (χ2v) is 3.89. The molecule has 0 radical (unpaired) electrons. The summed E-state index contributed by atoms with van der Waals surface area (Å²) in [6.45, 7) is 0. The summed E-state index contributed by atoms with van der Waals surface area (Å²) in [5.41, 5.74) is 1.13. The molecule has 0 fully saturated rings. The second kappa shape index (κ2) is 5.57. The molecular weight excluding hydrogens is 238 g/mol. The SMILES string of the molecule is N#CC(C#N)[n+]1ccc(C(=O)c2ccccc2)cc1. The summed E-state index contributed by atoms with van der Waals surface area (Å²) in [6.07, 6.45) is 3.13. The van der Waals surface area contributed by atoms with E-state index in [0.717, 1.165) is 0 Å². The van der Waals surface area contributed by atoms with E-state index in [1.165, 1.54) is 4.57 Å². The number of aromatic nitrogens is 1. The molecule has 2 rings (SSSR count). The molecule has 0 N–H and O–H groups in total. The molecule has 0 bridgehead atoms. The third-order valence-electron chi connectivity index (χ3n) is 2.69. The Hall–Kier alpha value is -2.98. The Kier molecular flexibility index (Phi) is 3.66. The molecule has 0 saturated heterocycles. The first-order chi connectivity index (χ1) is 9.26. The van der Waals surface area contributed by atoms with E-state index >= 15 is 0 Å². The van der Waals surface area contributed by atoms with E-state index in [-0.39, 0.29) is 5.78 Å². The average Bonchev–Trinajstić information content (AvgIpc) is 2.49. The van der Waals surface area contributed by atoms with Crippen LogP contribution in [0.15, 0.2) is 54.9 Å². The normalized spacial score (nSPS) is 9.63. The highest BCUT2D eigenvalue weighted by Gasteiger charge is 2.17. The van der Waals surface area contributed by atoms with Crippen molar-refractivity contribution in [3.63, 3.8) is 0 Å². The van der Waals surface area contributed by atoms with Gasteiger partial charge < -0.3 is 0 Å². The zero-order chi connectivity index (χ0) is 13.7. The van der Waals surface area contributed by atoms with Crippen molar-refractivity contribution in [2.24, 2.45) is 0 Å². The largest absolute Gasteiger partial charge is 0.329 e. The number of nitriles is 2. The number of carbonyl (C=O) groups excluding carboxylic acids is 1. The third kappa shape index (κ3) is 2.65. The van der Waals surface area contributed by atoms with Crippen LogP contribution in [0.2, 0.25) is 0 Å². The summed E-state index contributed by atoms with van der Waals surface area (Å²) >= 11 is 0. The van der Waals surface area contributed by atoms with Crippen LogP contribution in [0.5, 0.6) is 0 Å². The summed E-state index contributed by atoms with van der Waals surface area (Å²) in [7, 11) is 0. The monoisotopic (exact) mass is 248 g/mol. The van der Waals surface area contributed by atoms with Crippen LogP contribution in [0, 0.1) is 22.7 Å². The molecule has 90 valence electrons. The van der Waals surface area contributed by atoms with Crippen LogP contribution in [0.25, 0.3) is 0 Å². The van der Waals surface area contributed by atoms with Gasteiger partial charge in [-0.25, -0.2) is 0 Å². The topological polar surface area (TPSA) is 68.5 Å². The van der Waals surface area contributed by atoms with Gasteiger partial charge in [0.15, 0.2) is 30.3 Å². The first-order valence-electron chi connectivity index (χ1n) is 5.66. The number of benzene rings is 1. The molecule has 0 saturated carbocycles. The first-order valence-corrected chi connectivity index (χ1v) is 5.66. The van der Waals surface area contributed by atoms with E-state index in [2.05, 4.69) is 0 Å². The maximum atomic E-state index is 12.1. The molecule has 4 nitrogen and oxygen atoms in total. The lowest BCUT2D eigenvalue weighted by atomic mass is 10.0. The van der Waals surface area contributed by atoms with Crippen LogP contribution >= 0.6 is 0 Å². The molecule has 4 heteroatoms. The lowest BCUT2D eigenvalue weighted by Gasteiger charge is -2.00. The minimum atomic E-state index is -0.874. The molecule has 2 aromatic rings. The van der Waals surface area contributed by atoms with E-state index in [1.807, 2.05) is 18.2 Å². The highest BCUT2D eigenvalue weighted by Crippen LogP contribution is 2.08. The van der Waals surface area contributed by atoms with Crippen molar-refractivity contribution in [3.8, 4) is 12.1 Å². The third-order valence-corrected chi connectivity index (χ3v) is 2.69. The predicted molar refractivity (Wildman–Crippen MR) is 66.8 cm³/mol. The Bertz CT molecular complexity index is 649. The van der Waals surface area contributed by atoms with E-state index in [0.29, 0.717) is 11.1 Å². The molecule has 0 amide bonds. The zero-order valence-corrected chi connectivity index (χ0v) is 10.0. The number of carbonyl (C=O) groups is 1. The summed E-state index contributed by atoms with van der Waals surface area (Å²) in [5, 5.41) is 17.6. The molecule has 0 spiro atoms. The molecule has 1 heterocycles. The van der Waals surface area contributed by atoms with Crippen molar-refractivity contribution in [1.82, 2.24) is 0 Å². The van der Waals surface area contributed by atoms with Crippen LogP contribution in [-0.4, -0.2) is 5.78 Å². The lowest BCUT2D eigenvalue weighted by molar-refractivity contribution is -0.697. The molecule has 0 aliphatic rings. The van der Waals surface area contributed by atoms with Crippen molar-refractivity contribution in [2.75, 3.05) is 0 Å². The Morgan fingerprint density at radius 1 is 0.947 bits per heavy atom. The van der Waals surface area contributed by atoms with Gasteiger partial charge in [-0.3, -0.25) is 4.79 Å². The van der Waals surface area contributed by atoms with Gasteiger partial charge in [-0.2, -0.15) is 15.1 Å². The number of hydrogen-bond acceptors (Lipinski definition) is 3. The summed E-state index contributed by atoms with van der Waals surface area (Å²) < 4.78 is 1.46. The summed E-state index contributed by atoms with van der Waals surface area (Å²) in [4.78, 5) is 12.1. The number of ketones is 1. The van der Waals surface area contributed by atoms with Crippen LogP contribution in [0.4, 0.5) is 0 Å². The highest BCUT2D eigenvalue weighted by atomic mass is 16.1. The Morgan fingerprint density at radius 3 is 2.00 bits per heavy atom. The quantitative estimate of drug-likeness (QED) is 0.614. The van der Waals surface area contributed by atoms with Gasteiger partial charge >= 0.3 is 6.04 Å². The van der Waals surface area contributed by atoms with Crippen molar-refractivity contribution in [3.05, 3.63) is 66.0 Å². The molecule has 0 aliphatic heterocycles. The fraction of sp³-hybridized carbons (Fsp3) is 0.0667. The molecular formula is C15H10N3O+. The molecule has 0 atom stereocenters. The van der Waals surface area contributed by atoms with Gasteiger partial charge in [-0.05, 0) is 0 Å². The number of pyridine rings is 1. The Labute approximate surface area is 110 Å². The average molecular weight is 248 g/mol. The molecule has 0 unspecified atom stereocenters. The van der Waals surface area contributed by atoms with Gasteiger partial charge in [-0.15, -0.1) is 0 Å². The Balaban J connectivity index is 2.27. The van der Waals surface area contributed by atoms with Crippen molar-refractivity contribution in [1.29, 1.82) is 10.5 Å². The van der Waals surface area contributed by atoms with Gasteiger partial charge in [-0.1, -0.05) is 30.3 Å². The van der Waals surface area contributed by atoms with E-state index in [1.54, 1.807) is 48.8 Å². The maximum Gasteiger partial charge on any atom is 0.329 e. The van der Waals surface area contributed by atoms with Crippen LogP contribution in [-0.2, 0) is 0 Å². The van der Waals surface area contributed by atoms with Gasteiger partial charge in [0.1, 0.15) is 0 Å². The Morgan fingerprint density at radius 2 is 1.47 bits per heavy atom. The standard InChI is InChI=1S/C15H10N3O/c16-10-14(11-17)18-8-6-13(7-9-18)15(19)12-4-2-1-3-5-12/h1-9,14H/q+1. The van der Waals surface area contributed by atoms with Crippen molar-refractivity contribution in [2.45, 2.75) is 6.04 Å². The predicted octanol–water partition coefficient (Wildman–Crippen LogP) is 1.79. The van der Waals surface area contributed by atoms with Crippen LogP contribution < -0.4 is 4.57 Å². The highest BCUT2D eigenvalue weighted by molar-refractivity contribution is 6.08. The summed E-state index contributed by atoms with van der Waals surface area (Å²) in [6, 6.07) is 15.0. The minimum absolute atomic E-state index is 0.0850. The smallest absolute Gasteiger partial charge is 0.289 e. The first kappa shape index (κ1) is 12.5. The minimum Gasteiger partial charge on any atom is -0.289 e. The van der Waals surface area contributed by atoms with Crippen molar-refractivity contribution < 1.29 is 9.36 Å².